The van der Waals surface area contributed by atoms with E-state index >= 15 is 0 Å². The summed E-state index contributed by atoms with van der Waals surface area (Å²) in [5.41, 5.74) is -2.31. The van der Waals surface area contributed by atoms with Crippen LogP contribution in [0.15, 0.2) is 0 Å². The van der Waals surface area contributed by atoms with Crippen LogP contribution >= 0.6 is 23.5 Å². The summed E-state index contributed by atoms with van der Waals surface area (Å²) in [6.45, 7) is 1.44. The lowest BCUT2D eigenvalue weighted by Gasteiger charge is -2.18. The minimum Gasteiger partial charge on any atom is -0.490 e. The molecule has 0 fully saturated rings. The highest BCUT2D eigenvalue weighted by Crippen LogP contribution is 2.38. The van der Waals surface area contributed by atoms with E-state index in [1.165, 1.54) is 6.92 Å². The Morgan fingerprint density at radius 3 is 1.43 bits per heavy atom. The van der Waals surface area contributed by atoms with E-state index in [1.54, 1.807) is 0 Å². The van der Waals surface area contributed by atoms with Crippen molar-refractivity contribution in [2.45, 2.75) is 29.9 Å². The second-order valence-electron chi connectivity index (χ2n) is 5.86. The first-order chi connectivity index (χ1) is 13.3. The summed E-state index contributed by atoms with van der Waals surface area (Å²) < 4.78 is 105. The predicted molar refractivity (Wildman–Crippen MR) is 93.8 cm³/mol. The molecule has 0 amide bonds. The van der Waals surface area contributed by atoms with Crippen molar-refractivity contribution in [1.29, 1.82) is 0 Å². The zero-order valence-electron chi connectivity index (χ0n) is 14.4. The fourth-order valence-electron chi connectivity index (χ4n) is 2.79. The molecular weight excluding hydrogens is 429 g/mol. The zero-order chi connectivity index (χ0) is 20.6. The molecule has 1 nitrogen and oxygen atoms in total. The van der Waals surface area contributed by atoms with Gasteiger partial charge in [0.05, 0.1) is 6.61 Å². The molecule has 1 heterocycles. The molecule has 1 aliphatic rings. The van der Waals surface area contributed by atoms with Gasteiger partial charge < -0.3 is 4.74 Å². The molecule has 1 aliphatic heterocycles. The van der Waals surface area contributed by atoms with Gasteiger partial charge >= 0.3 is 0 Å². The summed E-state index contributed by atoms with van der Waals surface area (Å²) >= 11 is 1.39. The molecule has 0 unspecified atom stereocenters. The molecule has 0 radical (unpaired) electrons. The van der Waals surface area contributed by atoms with Crippen LogP contribution in [-0.2, 0) is 23.0 Å². The fourth-order valence-corrected chi connectivity index (χ4v) is 4.83. The van der Waals surface area contributed by atoms with Gasteiger partial charge in [0, 0.05) is 45.3 Å². The number of rotatable bonds is 2. The Morgan fingerprint density at radius 1 is 0.571 bits per heavy atom. The average Bonchev–Trinajstić information content (AvgIpc) is 2.67. The monoisotopic (exact) mass is 442 g/mol. The first-order valence-corrected chi connectivity index (χ1v) is 10.4. The van der Waals surface area contributed by atoms with Gasteiger partial charge in [0.15, 0.2) is 29.0 Å². The average molecular weight is 442 g/mol. The molecule has 0 atom stereocenters. The van der Waals surface area contributed by atoms with Crippen LogP contribution in [0, 0.1) is 40.7 Å². The summed E-state index contributed by atoms with van der Waals surface area (Å²) in [7, 11) is 0. The number of ether oxygens (including phenoxy) is 1. The largest absolute Gasteiger partial charge is 0.490 e. The molecule has 0 aliphatic carbocycles. The normalized spacial score (nSPS) is 14.4. The smallest absolute Gasteiger partial charge is 0.201 e. The molecule has 0 saturated heterocycles. The van der Waals surface area contributed by atoms with Crippen molar-refractivity contribution < 1.29 is 35.5 Å². The van der Waals surface area contributed by atoms with E-state index in [4.69, 9.17) is 4.74 Å². The molecule has 3 rings (SSSR count). The Bertz CT molecular complexity index is 934. The third-order valence-corrected chi connectivity index (χ3v) is 6.15. The van der Waals surface area contributed by atoms with Crippen LogP contribution in [0.25, 0.3) is 0 Å². The van der Waals surface area contributed by atoms with Crippen molar-refractivity contribution in [3.05, 3.63) is 63.0 Å². The Morgan fingerprint density at radius 2 is 0.964 bits per heavy atom. The second-order valence-corrected chi connectivity index (χ2v) is 7.83. The summed E-state index contributed by atoms with van der Waals surface area (Å²) in [5, 5.41) is 0. The van der Waals surface area contributed by atoms with Gasteiger partial charge in [-0.3, -0.25) is 0 Å². The molecule has 4 bridgehead atoms. The SMILES string of the molecule is CCOc1c(F)c(F)c2c(F)c1CSCc1c(F)c(F)c(F)c(c1F)CSC2. The Labute approximate surface area is 164 Å². The molecule has 10 heteroatoms. The van der Waals surface area contributed by atoms with Crippen LogP contribution < -0.4 is 4.74 Å². The molecule has 2 aromatic carbocycles. The van der Waals surface area contributed by atoms with E-state index < -0.39 is 80.4 Å². The summed E-state index contributed by atoms with van der Waals surface area (Å²) in [6.07, 6.45) is 0. The maximum absolute atomic E-state index is 14.8. The lowest BCUT2D eigenvalue weighted by Crippen LogP contribution is -2.11. The Balaban J connectivity index is 2.12. The summed E-state index contributed by atoms with van der Waals surface area (Å²) in [4.78, 5) is 0. The highest BCUT2D eigenvalue weighted by Gasteiger charge is 2.29. The van der Waals surface area contributed by atoms with Gasteiger partial charge in [0.1, 0.15) is 11.6 Å². The Kier molecular flexibility index (Phi) is 6.38. The molecule has 152 valence electrons. The molecule has 0 aromatic heterocycles. The van der Waals surface area contributed by atoms with Crippen molar-refractivity contribution in [3.8, 4) is 5.75 Å². The van der Waals surface area contributed by atoms with Gasteiger partial charge in [-0.25, -0.2) is 26.3 Å². The summed E-state index contributed by atoms with van der Waals surface area (Å²) in [6, 6.07) is 0. The predicted octanol–water partition coefficient (Wildman–Crippen LogP) is 6.24. The van der Waals surface area contributed by atoms with Crippen LogP contribution in [0.4, 0.5) is 30.7 Å². The van der Waals surface area contributed by atoms with Crippen LogP contribution in [0.5, 0.6) is 5.75 Å². The van der Waals surface area contributed by atoms with Crippen LogP contribution in [0.3, 0.4) is 0 Å². The lowest BCUT2D eigenvalue weighted by molar-refractivity contribution is 0.306. The molecule has 0 spiro atoms. The van der Waals surface area contributed by atoms with E-state index in [9.17, 15) is 30.7 Å². The molecule has 2 aromatic rings. The molecule has 28 heavy (non-hydrogen) atoms. The van der Waals surface area contributed by atoms with Gasteiger partial charge in [-0.15, -0.1) is 0 Å². The minimum absolute atomic E-state index is 0.0582. The fraction of sp³-hybridized carbons (Fsp3) is 0.333. The number of hydrogen-bond donors (Lipinski definition) is 0. The quantitative estimate of drug-likeness (QED) is 0.310. The highest BCUT2D eigenvalue weighted by atomic mass is 32.2. The number of thioether (sulfide) groups is 2. The van der Waals surface area contributed by atoms with E-state index in [0.717, 1.165) is 11.8 Å². The number of halogens is 7. The maximum atomic E-state index is 14.8. The third kappa shape index (κ3) is 3.56. The number of fused-ring (bicyclic) bond motifs is 4. The van der Waals surface area contributed by atoms with Gasteiger partial charge in [0.25, 0.3) is 0 Å². The molecule has 0 saturated carbocycles. The van der Waals surface area contributed by atoms with Gasteiger partial charge in [-0.05, 0) is 6.92 Å². The van der Waals surface area contributed by atoms with Crippen LogP contribution in [0.1, 0.15) is 29.2 Å². The zero-order valence-corrected chi connectivity index (χ0v) is 16.0. The lowest BCUT2D eigenvalue weighted by atomic mass is 10.1. The van der Waals surface area contributed by atoms with Crippen molar-refractivity contribution in [2.24, 2.45) is 0 Å². The van der Waals surface area contributed by atoms with Crippen molar-refractivity contribution in [3.63, 3.8) is 0 Å². The topological polar surface area (TPSA) is 9.23 Å². The highest BCUT2D eigenvalue weighted by molar-refractivity contribution is 7.98. The minimum atomic E-state index is -1.80. The van der Waals surface area contributed by atoms with Crippen molar-refractivity contribution in [1.82, 2.24) is 0 Å². The first kappa shape index (κ1) is 21.2. The van der Waals surface area contributed by atoms with Crippen LogP contribution in [-0.4, -0.2) is 6.61 Å². The second kappa shape index (κ2) is 8.44. The van der Waals surface area contributed by atoms with Gasteiger partial charge in [-0.2, -0.15) is 27.9 Å². The van der Waals surface area contributed by atoms with E-state index in [0.29, 0.717) is 11.8 Å². The standard InChI is InChI=1S/C18H13F7OS2/c1-2-26-18-10-6-28-4-8-11(19)7(13(21)16(24)14(8)22)3-27-5-9(12(10)20)15(23)17(18)25/h2-6H2,1H3. The van der Waals surface area contributed by atoms with Crippen molar-refractivity contribution >= 4 is 23.5 Å². The van der Waals surface area contributed by atoms with E-state index in [-0.39, 0.29) is 17.9 Å². The number of hydrogen-bond acceptors (Lipinski definition) is 3. The van der Waals surface area contributed by atoms with Crippen LogP contribution in [0.2, 0.25) is 0 Å². The maximum Gasteiger partial charge on any atom is 0.201 e. The Hall–Kier alpha value is -1.55. The first-order valence-electron chi connectivity index (χ1n) is 8.09. The van der Waals surface area contributed by atoms with E-state index in [1.807, 2.05) is 0 Å². The van der Waals surface area contributed by atoms with Gasteiger partial charge in [-0.1, -0.05) is 0 Å². The van der Waals surface area contributed by atoms with Gasteiger partial charge in [0.2, 0.25) is 5.82 Å². The third-order valence-electron chi connectivity index (χ3n) is 4.18. The summed E-state index contributed by atoms with van der Waals surface area (Å²) in [5.74, 6) is -12.6. The number of benzene rings is 2. The van der Waals surface area contributed by atoms with Crippen molar-refractivity contribution in [2.75, 3.05) is 6.61 Å². The molecular formula is C18H13F7OS2. The molecule has 0 N–H and O–H groups in total. The van der Waals surface area contributed by atoms with E-state index in [2.05, 4.69) is 0 Å².